The van der Waals surface area contributed by atoms with Crippen LogP contribution in [0.3, 0.4) is 0 Å². The van der Waals surface area contributed by atoms with E-state index in [1.807, 2.05) is 6.07 Å². The first kappa shape index (κ1) is 9.44. The molecule has 1 aliphatic rings. The predicted molar refractivity (Wildman–Crippen MR) is 56.8 cm³/mol. The van der Waals surface area contributed by atoms with Crippen LogP contribution in [0.15, 0.2) is 16.7 Å². The Labute approximate surface area is 90.6 Å². The highest BCUT2D eigenvalue weighted by Gasteiger charge is 2.38. The number of aromatic nitrogens is 1. The van der Waals surface area contributed by atoms with Crippen molar-refractivity contribution < 1.29 is 0 Å². The first-order valence-electron chi connectivity index (χ1n) is 4.23. The van der Waals surface area contributed by atoms with Crippen LogP contribution in [0.5, 0.6) is 0 Å². The summed E-state index contributed by atoms with van der Waals surface area (Å²) < 4.78 is 1.04. The van der Waals surface area contributed by atoms with Crippen molar-refractivity contribution in [2.45, 2.75) is 12.3 Å². The number of nitrogens with zero attached hydrogens (tertiary/aromatic N) is 1. The molecule has 1 aromatic heterocycles. The second kappa shape index (κ2) is 3.56. The van der Waals surface area contributed by atoms with Crippen LogP contribution in [0.2, 0.25) is 5.15 Å². The lowest BCUT2D eigenvalue weighted by molar-refractivity contribution is 0.807. The summed E-state index contributed by atoms with van der Waals surface area (Å²) in [5.41, 5.74) is 6.83. The fourth-order valence-electron chi connectivity index (χ4n) is 1.60. The van der Waals surface area contributed by atoms with Gasteiger partial charge in [-0.15, -0.1) is 0 Å². The SMILES string of the molecule is NCC1CC1c1cc(Cl)ncc1Br. The van der Waals surface area contributed by atoms with Gasteiger partial charge < -0.3 is 5.73 Å². The predicted octanol–water partition coefficient (Wildman–Crippen LogP) is 2.56. The lowest BCUT2D eigenvalue weighted by Gasteiger charge is -2.02. The largest absolute Gasteiger partial charge is 0.330 e. The number of hydrogen-bond acceptors (Lipinski definition) is 2. The van der Waals surface area contributed by atoms with Crippen molar-refractivity contribution in [3.8, 4) is 0 Å². The molecular weight excluding hydrogens is 251 g/mol. The van der Waals surface area contributed by atoms with Crippen molar-refractivity contribution in [3.05, 3.63) is 27.5 Å². The smallest absolute Gasteiger partial charge is 0.129 e. The van der Waals surface area contributed by atoms with E-state index in [1.165, 1.54) is 12.0 Å². The van der Waals surface area contributed by atoms with Crippen LogP contribution in [-0.2, 0) is 0 Å². The molecule has 2 N–H and O–H groups in total. The fraction of sp³-hybridized carbons (Fsp3) is 0.444. The summed E-state index contributed by atoms with van der Waals surface area (Å²) >= 11 is 9.28. The van der Waals surface area contributed by atoms with E-state index in [0.717, 1.165) is 11.0 Å². The minimum Gasteiger partial charge on any atom is -0.330 e. The van der Waals surface area contributed by atoms with Crippen molar-refractivity contribution in [1.82, 2.24) is 4.98 Å². The number of rotatable bonds is 2. The van der Waals surface area contributed by atoms with Crippen LogP contribution < -0.4 is 5.73 Å². The topological polar surface area (TPSA) is 38.9 Å². The number of hydrogen-bond donors (Lipinski definition) is 1. The highest BCUT2D eigenvalue weighted by atomic mass is 79.9. The molecule has 2 atom stereocenters. The lowest BCUT2D eigenvalue weighted by Crippen LogP contribution is -2.02. The van der Waals surface area contributed by atoms with Gasteiger partial charge in [-0.1, -0.05) is 11.6 Å². The molecule has 0 aromatic carbocycles. The van der Waals surface area contributed by atoms with E-state index >= 15 is 0 Å². The summed E-state index contributed by atoms with van der Waals surface area (Å²) in [6.07, 6.45) is 2.93. The van der Waals surface area contributed by atoms with Gasteiger partial charge in [-0.25, -0.2) is 4.98 Å². The van der Waals surface area contributed by atoms with Crippen LogP contribution in [0.1, 0.15) is 17.9 Å². The Bertz CT molecular complexity index is 329. The maximum Gasteiger partial charge on any atom is 0.129 e. The molecule has 0 bridgehead atoms. The summed E-state index contributed by atoms with van der Waals surface area (Å²) in [5.74, 6) is 1.22. The molecule has 1 heterocycles. The second-order valence-corrected chi connectivity index (χ2v) is 4.61. The zero-order valence-corrected chi connectivity index (χ0v) is 9.35. The number of nitrogens with two attached hydrogens (primary N) is 1. The van der Waals surface area contributed by atoms with E-state index in [1.54, 1.807) is 6.20 Å². The van der Waals surface area contributed by atoms with Crippen LogP contribution in [0, 0.1) is 5.92 Å². The molecule has 2 nitrogen and oxygen atoms in total. The molecule has 0 saturated heterocycles. The lowest BCUT2D eigenvalue weighted by atomic mass is 10.1. The Morgan fingerprint density at radius 2 is 2.46 bits per heavy atom. The third-order valence-corrected chi connectivity index (χ3v) is 3.35. The maximum absolute atomic E-state index is 5.82. The fourth-order valence-corrected chi connectivity index (χ4v) is 2.28. The van der Waals surface area contributed by atoms with E-state index in [0.29, 0.717) is 17.0 Å². The molecule has 2 rings (SSSR count). The van der Waals surface area contributed by atoms with Crippen molar-refractivity contribution in [3.63, 3.8) is 0 Å². The Hall–Kier alpha value is -0.120. The van der Waals surface area contributed by atoms with E-state index in [2.05, 4.69) is 20.9 Å². The molecule has 1 aromatic rings. The van der Waals surface area contributed by atoms with Crippen molar-refractivity contribution in [2.75, 3.05) is 6.54 Å². The van der Waals surface area contributed by atoms with Gasteiger partial charge >= 0.3 is 0 Å². The highest BCUT2D eigenvalue weighted by Crippen LogP contribution is 2.49. The Kier molecular flexibility index (Phi) is 2.58. The summed E-state index contributed by atoms with van der Waals surface area (Å²) in [6.45, 7) is 0.761. The van der Waals surface area contributed by atoms with Gasteiger partial charge in [-0.3, -0.25) is 0 Å². The van der Waals surface area contributed by atoms with Gasteiger partial charge in [0.25, 0.3) is 0 Å². The molecule has 0 amide bonds. The van der Waals surface area contributed by atoms with E-state index in [9.17, 15) is 0 Å². The van der Waals surface area contributed by atoms with Gasteiger partial charge in [-0.2, -0.15) is 0 Å². The van der Waals surface area contributed by atoms with Crippen LogP contribution >= 0.6 is 27.5 Å². The molecule has 70 valence electrons. The van der Waals surface area contributed by atoms with E-state index < -0.39 is 0 Å². The molecule has 4 heteroatoms. The zero-order valence-electron chi connectivity index (χ0n) is 7.00. The van der Waals surface area contributed by atoms with Gasteiger partial charge in [0.1, 0.15) is 5.15 Å². The minimum absolute atomic E-state index is 0.556. The first-order valence-corrected chi connectivity index (χ1v) is 5.40. The first-order chi connectivity index (χ1) is 6.22. The molecule has 1 fully saturated rings. The number of halogens is 2. The van der Waals surface area contributed by atoms with Crippen LogP contribution in [0.25, 0.3) is 0 Å². The molecule has 13 heavy (non-hydrogen) atoms. The van der Waals surface area contributed by atoms with Gasteiger partial charge in [0, 0.05) is 10.7 Å². The summed E-state index contributed by atoms with van der Waals surface area (Å²) in [4.78, 5) is 3.99. The molecule has 1 aliphatic carbocycles. The zero-order chi connectivity index (χ0) is 9.42. The van der Waals surface area contributed by atoms with Gasteiger partial charge in [0.15, 0.2) is 0 Å². The van der Waals surface area contributed by atoms with E-state index in [4.69, 9.17) is 17.3 Å². The quantitative estimate of drug-likeness (QED) is 0.831. The third kappa shape index (κ3) is 1.87. The highest BCUT2D eigenvalue weighted by molar-refractivity contribution is 9.10. The maximum atomic E-state index is 5.82. The average Bonchev–Trinajstić information content (AvgIpc) is 2.88. The van der Waals surface area contributed by atoms with E-state index in [-0.39, 0.29) is 0 Å². The third-order valence-electron chi connectivity index (χ3n) is 2.48. The minimum atomic E-state index is 0.556. The summed E-state index contributed by atoms with van der Waals surface area (Å²) in [5, 5.41) is 0.556. The van der Waals surface area contributed by atoms with Gasteiger partial charge in [0.05, 0.1) is 0 Å². The summed E-state index contributed by atoms with van der Waals surface area (Å²) in [6, 6.07) is 1.92. The van der Waals surface area contributed by atoms with Crippen molar-refractivity contribution >= 4 is 27.5 Å². The average molecular weight is 262 g/mol. The van der Waals surface area contributed by atoms with Crippen molar-refractivity contribution in [1.29, 1.82) is 0 Å². The Morgan fingerprint density at radius 3 is 3.08 bits per heavy atom. The molecule has 2 unspecified atom stereocenters. The monoisotopic (exact) mass is 260 g/mol. The standard InChI is InChI=1S/C9H10BrClN2/c10-8-4-13-9(11)2-7(8)6-1-5(6)3-12/h2,4-6H,1,3,12H2. The normalized spacial score (nSPS) is 26.1. The van der Waals surface area contributed by atoms with Gasteiger partial charge in [0.2, 0.25) is 0 Å². The molecule has 0 spiro atoms. The molecule has 0 radical (unpaired) electrons. The molecule has 1 saturated carbocycles. The number of pyridine rings is 1. The summed E-state index contributed by atoms with van der Waals surface area (Å²) in [7, 11) is 0. The van der Waals surface area contributed by atoms with Crippen LogP contribution in [0.4, 0.5) is 0 Å². The van der Waals surface area contributed by atoms with Gasteiger partial charge in [-0.05, 0) is 52.4 Å². The molecular formula is C9H10BrClN2. The second-order valence-electron chi connectivity index (χ2n) is 3.37. The Morgan fingerprint density at radius 1 is 1.69 bits per heavy atom. The van der Waals surface area contributed by atoms with Crippen LogP contribution in [-0.4, -0.2) is 11.5 Å². The Balaban J connectivity index is 2.25. The molecule has 0 aliphatic heterocycles. The van der Waals surface area contributed by atoms with Crippen molar-refractivity contribution in [2.24, 2.45) is 11.7 Å².